The number of aliphatic hydroxyl groups is 2. The number of esters is 1. The topological polar surface area (TPSA) is 146 Å². The molecule has 1 saturated heterocycles. The lowest BCUT2D eigenvalue weighted by Gasteiger charge is -2.15. The number of H-pyrrole nitrogens is 1. The first kappa shape index (κ1) is 15.7. The third-order valence-corrected chi connectivity index (χ3v) is 4.07. The van der Waals surface area contributed by atoms with E-state index in [9.17, 15) is 15.0 Å². The Balaban J connectivity index is 1.82. The highest BCUT2D eigenvalue weighted by Crippen LogP contribution is 2.32. The molecule has 4 atom stereocenters. The number of nitrogens with zero attached hydrogens (tertiary/aromatic N) is 2. The van der Waals surface area contributed by atoms with Gasteiger partial charge in [0.25, 0.3) is 0 Å². The van der Waals surface area contributed by atoms with Crippen molar-refractivity contribution in [3.8, 4) is 0 Å². The maximum Gasteiger partial charge on any atom is 0.305 e. The van der Waals surface area contributed by atoms with Gasteiger partial charge < -0.3 is 25.7 Å². The van der Waals surface area contributed by atoms with E-state index in [-0.39, 0.29) is 19.0 Å². The number of nitrogen functional groups attached to an aromatic ring is 1. The van der Waals surface area contributed by atoms with Gasteiger partial charge in [0.15, 0.2) is 5.82 Å². The van der Waals surface area contributed by atoms with Gasteiger partial charge >= 0.3 is 5.97 Å². The first-order valence-corrected chi connectivity index (χ1v) is 7.38. The summed E-state index contributed by atoms with van der Waals surface area (Å²) >= 11 is 0. The molecule has 0 bridgehead atoms. The predicted octanol–water partition coefficient (Wildman–Crippen LogP) is -0.772. The van der Waals surface area contributed by atoms with Crippen LogP contribution in [0.25, 0.3) is 11.0 Å². The molecule has 6 N–H and O–H groups in total. The molecule has 2 aromatic heterocycles. The summed E-state index contributed by atoms with van der Waals surface area (Å²) in [7, 11) is 0. The maximum atomic E-state index is 11.2. The number of aromatic nitrogens is 3. The number of ether oxygens (including phenoxy) is 1. The number of carbonyl (C=O) groups excluding carboxylic acids is 1. The third-order valence-electron chi connectivity index (χ3n) is 4.07. The van der Waals surface area contributed by atoms with E-state index < -0.39 is 24.3 Å². The molecule has 1 aliphatic heterocycles. The fourth-order valence-electron chi connectivity index (χ4n) is 2.78. The highest BCUT2D eigenvalue weighted by Gasteiger charge is 2.43. The Morgan fingerprint density at radius 1 is 1.39 bits per heavy atom. The van der Waals surface area contributed by atoms with Crippen LogP contribution in [0.15, 0.2) is 12.5 Å². The minimum atomic E-state index is -1.06. The van der Waals surface area contributed by atoms with E-state index in [1.165, 1.54) is 6.33 Å². The average Bonchev–Trinajstić information content (AvgIpc) is 3.09. The van der Waals surface area contributed by atoms with E-state index in [4.69, 9.17) is 10.5 Å². The number of hydrogen-bond acceptors (Lipinski definition) is 8. The number of rotatable bonds is 4. The summed E-state index contributed by atoms with van der Waals surface area (Å²) in [5.74, 6) is -0.0488. The summed E-state index contributed by atoms with van der Waals surface area (Å²) in [6, 6.07) is -1.12. The van der Waals surface area contributed by atoms with Crippen LogP contribution in [0.5, 0.6) is 0 Å². The van der Waals surface area contributed by atoms with Crippen molar-refractivity contribution in [1.82, 2.24) is 20.3 Å². The molecule has 0 aromatic carbocycles. The number of fused-ring (bicyclic) bond motifs is 1. The number of carbonyl (C=O) groups is 1. The molecular formula is C14H19N5O4. The molecule has 9 nitrogen and oxygen atoms in total. The van der Waals surface area contributed by atoms with E-state index in [1.807, 2.05) is 0 Å². The Morgan fingerprint density at radius 2 is 2.17 bits per heavy atom. The van der Waals surface area contributed by atoms with Crippen LogP contribution in [0.3, 0.4) is 0 Å². The molecule has 1 aliphatic rings. The zero-order valence-electron chi connectivity index (χ0n) is 12.6. The molecular weight excluding hydrogens is 302 g/mol. The zero-order valence-corrected chi connectivity index (χ0v) is 12.6. The molecule has 0 amide bonds. The molecule has 3 rings (SSSR count). The number of nitrogens with one attached hydrogen (secondary N) is 2. The van der Waals surface area contributed by atoms with Crippen molar-refractivity contribution in [1.29, 1.82) is 0 Å². The normalized spacial score (nSPS) is 27.4. The fourth-order valence-corrected chi connectivity index (χ4v) is 2.78. The van der Waals surface area contributed by atoms with Crippen LogP contribution in [0.4, 0.5) is 5.82 Å². The van der Waals surface area contributed by atoms with Gasteiger partial charge in [-0.05, 0) is 0 Å². The molecule has 0 radical (unpaired) electrons. The summed E-state index contributed by atoms with van der Waals surface area (Å²) in [6.07, 6.45) is 1.15. The lowest BCUT2D eigenvalue weighted by molar-refractivity contribution is -0.144. The molecule has 124 valence electrons. The van der Waals surface area contributed by atoms with Crippen molar-refractivity contribution in [3.63, 3.8) is 0 Å². The van der Waals surface area contributed by atoms with Gasteiger partial charge in [0, 0.05) is 18.2 Å². The molecule has 0 aliphatic carbocycles. The summed E-state index contributed by atoms with van der Waals surface area (Å²) in [4.78, 5) is 22.3. The van der Waals surface area contributed by atoms with Crippen LogP contribution < -0.4 is 11.1 Å². The fraction of sp³-hybridized carbons (Fsp3) is 0.500. The van der Waals surface area contributed by atoms with Gasteiger partial charge in [0.1, 0.15) is 30.7 Å². The average molecular weight is 321 g/mol. The Bertz CT molecular complexity index is 718. The van der Waals surface area contributed by atoms with Crippen LogP contribution in [-0.4, -0.2) is 56.0 Å². The maximum absolute atomic E-state index is 11.2. The highest BCUT2D eigenvalue weighted by molar-refractivity contribution is 5.87. The SMILES string of the molecule is CCC(=O)OCC1NC(c2c[nH]c3c(N)ncnc23)C(O)C1O. The quantitative estimate of drug-likeness (QED) is 0.461. The molecule has 23 heavy (non-hydrogen) atoms. The number of anilines is 1. The molecule has 4 unspecified atom stereocenters. The first-order chi connectivity index (χ1) is 11.0. The van der Waals surface area contributed by atoms with Crippen molar-refractivity contribution in [3.05, 3.63) is 18.1 Å². The lowest BCUT2D eigenvalue weighted by Crippen LogP contribution is -2.37. The summed E-state index contributed by atoms with van der Waals surface area (Å²) in [6.45, 7) is 1.68. The van der Waals surface area contributed by atoms with E-state index in [1.54, 1.807) is 13.1 Å². The second-order valence-corrected chi connectivity index (χ2v) is 5.50. The second-order valence-electron chi connectivity index (χ2n) is 5.50. The highest BCUT2D eigenvalue weighted by atomic mass is 16.5. The Morgan fingerprint density at radius 3 is 2.91 bits per heavy atom. The summed E-state index contributed by atoms with van der Waals surface area (Å²) in [5.41, 5.74) is 7.61. The third kappa shape index (κ3) is 2.74. The Hall–Kier alpha value is -2.23. The monoisotopic (exact) mass is 321 g/mol. The van der Waals surface area contributed by atoms with Gasteiger partial charge in [-0.15, -0.1) is 0 Å². The van der Waals surface area contributed by atoms with Gasteiger partial charge in [0.05, 0.1) is 17.6 Å². The van der Waals surface area contributed by atoms with Crippen molar-refractivity contribution in [2.75, 3.05) is 12.3 Å². The van der Waals surface area contributed by atoms with E-state index in [2.05, 4.69) is 20.3 Å². The second kappa shape index (κ2) is 6.11. The lowest BCUT2D eigenvalue weighted by atomic mass is 10.0. The number of aromatic amines is 1. The molecule has 1 fully saturated rings. The minimum Gasteiger partial charge on any atom is -0.464 e. The summed E-state index contributed by atoms with van der Waals surface area (Å²) < 4.78 is 5.04. The number of nitrogens with two attached hydrogens (primary N) is 1. The van der Waals surface area contributed by atoms with Crippen LogP contribution in [0.2, 0.25) is 0 Å². The van der Waals surface area contributed by atoms with Crippen molar-refractivity contribution < 1.29 is 19.7 Å². The molecule has 9 heteroatoms. The zero-order chi connectivity index (χ0) is 16.6. The number of hydrogen-bond donors (Lipinski definition) is 5. The van der Waals surface area contributed by atoms with E-state index >= 15 is 0 Å². The van der Waals surface area contributed by atoms with Gasteiger partial charge in [-0.25, -0.2) is 9.97 Å². The standard InChI is InChI=1S/C14H19N5O4/c1-2-8(20)23-4-7-12(21)13(22)10(19-7)6-3-16-11-9(6)17-5-18-14(11)15/h3,5,7,10,12-13,16,19,21-22H,2,4H2,1H3,(H2,15,17,18). The summed E-state index contributed by atoms with van der Waals surface area (Å²) in [5, 5.41) is 23.6. The van der Waals surface area contributed by atoms with Gasteiger partial charge in [-0.1, -0.05) is 6.92 Å². The Labute approximate surface area is 131 Å². The van der Waals surface area contributed by atoms with Gasteiger partial charge in [-0.3, -0.25) is 10.1 Å². The molecule has 0 spiro atoms. The van der Waals surface area contributed by atoms with Crippen LogP contribution >= 0.6 is 0 Å². The van der Waals surface area contributed by atoms with Crippen LogP contribution in [0.1, 0.15) is 24.9 Å². The Kier molecular flexibility index (Phi) is 4.16. The van der Waals surface area contributed by atoms with E-state index in [0.29, 0.717) is 22.4 Å². The van der Waals surface area contributed by atoms with Crippen LogP contribution in [0, 0.1) is 0 Å². The molecule has 2 aromatic rings. The van der Waals surface area contributed by atoms with Crippen molar-refractivity contribution in [2.24, 2.45) is 0 Å². The number of aliphatic hydroxyl groups excluding tert-OH is 2. The smallest absolute Gasteiger partial charge is 0.305 e. The van der Waals surface area contributed by atoms with Gasteiger partial charge in [-0.2, -0.15) is 0 Å². The van der Waals surface area contributed by atoms with E-state index in [0.717, 1.165) is 0 Å². The molecule has 3 heterocycles. The van der Waals surface area contributed by atoms with Gasteiger partial charge in [0.2, 0.25) is 0 Å². The van der Waals surface area contributed by atoms with Crippen LogP contribution in [-0.2, 0) is 9.53 Å². The van der Waals surface area contributed by atoms with Crippen molar-refractivity contribution >= 4 is 22.8 Å². The van der Waals surface area contributed by atoms with Crippen molar-refractivity contribution in [2.45, 2.75) is 37.6 Å². The largest absolute Gasteiger partial charge is 0.464 e. The molecule has 0 saturated carbocycles. The predicted molar refractivity (Wildman–Crippen MR) is 81.2 cm³/mol. The first-order valence-electron chi connectivity index (χ1n) is 7.38. The minimum absolute atomic E-state index is 0.0130.